The van der Waals surface area contributed by atoms with Crippen molar-refractivity contribution in [3.8, 4) is 40.5 Å². The standard InChI is InChI=1S/C45H46ClF2N5O4/c1-29-35(5-3-8-40(29)55-18-4-15-53-16-13-45(47,48)14-17-53)36-6-2-7-38-37(36)10-11-41(38)57-43-23-42(56-28-32-20-30(24-49)19-31(21-32)25-50)33(22-39(43)46)26-51-27-34-9-12-44(54)52-34/h2-3,5-8,19-23,34,41,51H,4,9-18,26-28H2,1H3,(H,52,54)/t34-,41+/m1/s1. The number of benzene rings is 4. The summed E-state index contributed by atoms with van der Waals surface area (Å²) in [6, 6.07) is 25.2. The van der Waals surface area contributed by atoms with Gasteiger partial charge in [-0.2, -0.15) is 10.5 Å². The lowest BCUT2D eigenvalue weighted by Gasteiger charge is -2.31. The molecule has 2 heterocycles. The minimum atomic E-state index is -2.54. The zero-order valence-corrected chi connectivity index (χ0v) is 32.8. The molecule has 2 saturated heterocycles. The number of carbonyl (C=O) groups is 1. The summed E-state index contributed by atoms with van der Waals surface area (Å²) in [7, 11) is 0. The first-order chi connectivity index (χ1) is 27.6. The number of hydrogen-bond acceptors (Lipinski definition) is 8. The molecule has 7 rings (SSSR count). The number of likely N-dealkylation sites (tertiary alicyclic amines) is 1. The molecule has 4 aromatic carbocycles. The van der Waals surface area contributed by atoms with Crippen LogP contribution in [0.1, 0.15) is 83.6 Å². The molecular formula is C45H46ClF2N5O4. The van der Waals surface area contributed by atoms with E-state index in [4.69, 9.17) is 25.8 Å². The number of carbonyl (C=O) groups excluding carboxylic acids is 1. The van der Waals surface area contributed by atoms with Crippen LogP contribution >= 0.6 is 11.6 Å². The predicted octanol–water partition coefficient (Wildman–Crippen LogP) is 8.57. The Bertz CT molecular complexity index is 2160. The van der Waals surface area contributed by atoms with Gasteiger partial charge in [-0.15, -0.1) is 0 Å². The predicted molar refractivity (Wildman–Crippen MR) is 214 cm³/mol. The summed E-state index contributed by atoms with van der Waals surface area (Å²) in [6.45, 7) is 5.30. The smallest absolute Gasteiger partial charge is 0.250 e. The lowest BCUT2D eigenvalue weighted by Crippen LogP contribution is -2.40. The minimum Gasteiger partial charge on any atom is -0.493 e. The quantitative estimate of drug-likeness (QED) is 0.115. The highest BCUT2D eigenvalue weighted by atomic mass is 35.5. The van der Waals surface area contributed by atoms with Crippen LogP contribution in [0.5, 0.6) is 17.2 Å². The molecule has 1 aliphatic carbocycles. The summed E-state index contributed by atoms with van der Waals surface area (Å²) in [4.78, 5) is 13.8. The number of ether oxygens (including phenoxy) is 3. The van der Waals surface area contributed by atoms with Crippen molar-refractivity contribution in [2.24, 2.45) is 0 Å². The molecule has 3 aliphatic rings. The number of rotatable bonds is 15. The topological polar surface area (TPSA) is 120 Å². The van der Waals surface area contributed by atoms with E-state index in [0.29, 0.717) is 72.4 Å². The minimum absolute atomic E-state index is 0.0560. The van der Waals surface area contributed by atoms with Crippen LogP contribution in [-0.4, -0.2) is 55.6 Å². The lowest BCUT2D eigenvalue weighted by molar-refractivity contribution is -0.119. The molecule has 9 nitrogen and oxygen atoms in total. The molecule has 57 heavy (non-hydrogen) atoms. The van der Waals surface area contributed by atoms with Gasteiger partial charge in [0.25, 0.3) is 5.92 Å². The SMILES string of the molecule is Cc1c(OCCCN2CCC(F)(F)CC2)cccc1-c1cccc2c1CC[C@@H]2Oc1cc(OCc2cc(C#N)cc(C#N)c2)c(CNC[C@H]2CCC(=O)N2)cc1Cl. The maximum Gasteiger partial charge on any atom is 0.250 e. The van der Waals surface area contributed by atoms with Gasteiger partial charge in [-0.1, -0.05) is 41.9 Å². The summed E-state index contributed by atoms with van der Waals surface area (Å²) >= 11 is 6.92. The van der Waals surface area contributed by atoms with E-state index >= 15 is 0 Å². The zero-order chi connectivity index (χ0) is 39.9. The number of fused-ring (bicyclic) bond motifs is 1. The van der Waals surface area contributed by atoms with Crippen LogP contribution in [-0.2, 0) is 24.4 Å². The number of piperidine rings is 1. The lowest BCUT2D eigenvalue weighted by atomic mass is 9.93. The van der Waals surface area contributed by atoms with E-state index in [1.807, 2.05) is 30.3 Å². The van der Waals surface area contributed by atoms with Crippen molar-refractivity contribution >= 4 is 17.5 Å². The Hall–Kier alpha value is -5.20. The largest absolute Gasteiger partial charge is 0.493 e. The fraction of sp³-hybridized carbons (Fsp3) is 0.400. The average Bonchev–Trinajstić information content (AvgIpc) is 3.83. The summed E-state index contributed by atoms with van der Waals surface area (Å²) in [5.41, 5.74) is 7.80. The van der Waals surface area contributed by atoms with E-state index in [9.17, 15) is 24.1 Å². The number of amides is 1. The third kappa shape index (κ3) is 9.85. The molecule has 0 unspecified atom stereocenters. The van der Waals surface area contributed by atoms with Gasteiger partial charge in [-0.3, -0.25) is 4.79 Å². The third-order valence-electron chi connectivity index (χ3n) is 11.1. The van der Waals surface area contributed by atoms with Gasteiger partial charge < -0.3 is 29.7 Å². The second kappa shape index (κ2) is 17.9. The second-order valence-corrected chi connectivity index (χ2v) is 15.5. The summed E-state index contributed by atoms with van der Waals surface area (Å²) in [5.74, 6) is -0.641. The van der Waals surface area contributed by atoms with Gasteiger partial charge in [0.05, 0.1) is 34.9 Å². The Morgan fingerprint density at radius 3 is 2.42 bits per heavy atom. The van der Waals surface area contributed by atoms with Crippen molar-refractivity contribution in [1.82, 2.24) is 15.5 Å². The molecule has 296 valence electrons. The van der Waals surface area contributed by atoms with Crippen LogP contribution in [0.25, 0.3) is 11.1 Å². The van der Waals surface area contributed by atoms with Gasteiger partial charge in [0, 0.05) is 69.7 Å². The van der Waals surface area contributed by atoms with Crippen LogP contribution in [0, 0.1) is 29.6 Å². The molecule has 0 aromatic heterocycles. The molecular weight excluding hydrogens is 748 g/mol. The zero-order valence-electron chi connectivity index (χ0n) is 32.0. The Kier molecular flexibility index (Phi) is 12.6. The highest BCUT2D eigenvalue weighted by Crippen LogP contribution is 2.44. The average molecular weight is 794 g/mol. The fourth-order valence-corrected chi connectivity index (χ4v) is 8.23. The van der Waals surface area contributed by atoms with Gasteiger partial charge in [0.15, 0.2) is 0 Å². The van der Waals surface area contributed by atoms with Crippen molar-refractivity contribution < 1.29 is 27.8 Å². The van der Waals surface area contributed by atoms with Crippen LogP contribution in [0.3, 0.4) is 0 Å². The molecule has 4 aromatic rings. The second-order valence-electron chi connectivity index (χ2n) is 15.1. The Labute approximate surface area is 337 Å². The van der Waals surface area contributed by atoms with Gasteiger partial charge in [0.1, 0.15) is 30.0 Å². The Morgan fingerprint density at radius 1 is 0.930 bits per heavy atom. The van der Waals surface area contributed by atoms with Crippen molar-refractivity contribution in [2.45, 2.75) is 83.1 Å². The number of alkyl halides is 2. The van der Waals surface area contributed by atoms with E-state index in [1.165, 1.54) is 5.56 Å². The maximum atomic E-state index is 13.6. The first-order valence-electron chi connectivity index (χ1n) is 19.6. The molecule has 2 N–H and O–H groups in total. The fourth-order valence-electron chi connectivity index (χ4n) is 8.00. The monoisotopic (exact) mass is 793 g/mol. The number of halogens is 3. The number of nitrogens with zero attached hydrogens (tertiary/aromatic N) is 3. The van der Waals surface area contributed by atoms with Crippen LogP contribution in [0.15, 0.2) is 66.7 Å². The third-order valence-corrected chi connectivity index (χ3v) is 11.4. The van der Waals surface area contributed by atoms with E-state index < -0.39 is 5.92 Å². The van der Waals surface area contributed by atoms with E-state index in [0.717, 1.165) is 65.8 Å². The molecule has 2 atom stereocenters. The Morgan fingerprint density at radius 2 is 1.68 bits per heavy atom. The number of nitriles is 2. The summed E-state index contributed by atoms with van der Waals surface area (Å²) in [6.07, 6.45) is 3.22. The van der Waals surface area contributed by atoms with Crippen molar-refractivity contribution in [2.75, 3.05) is 32.8 Å². The molecule has 0 radical (unpaired) electrons. The highest BCUT2D eigenvalue weighted by molar-refractivity contribution is 6.32. The van der Waals surface area contributed by atoms with Crippen molar-refractivity contribution in [3.05, 3.63) is 111 Å². The first-order valence-corrected chi connectivity index (χ1v) is 20.0. The maximum absolute atomic E-state index is 13.6. The van der Waals surface area contributed by atoms with E-state index in [1.54, 1.807) is 18.2 Å². The van der Waals surface area contributed by atoms with E-state index in [-0.39, 0.29) is 37.5 Å². The Balaban J connectivity index is 1.06. The molecule has 0 saturated carbocycles. The summed E-state index contributed by atoms with van der Waals surface area (Å²) in [5, 5.41) is 25.8. The number of hydrogen-bond donors (Lipinski definition) is 2. The molecule has 0 bridgehead atoms. The van der Waals surface area contributed by atoms with Crippen LogP contribution < -0.4 is 24.8 Å². The van der Waals surface area contributed by atoms with Crippen LogP contribution in [0.2, 0.25) is 5.02 Å². The number of nitrogens with one attached hydrogen (secondary N) is 2. The van der Waals surface area contributed by atoms with Crippen LogP contribution in [0.4, 0.5) is 8.78 Å². The molecule has 1 amide bonds. The molecule has 0 spiro atoms. The van der Waals surface area contributed by atoms with Gasteiger partial charge in [-0.05, 0) is 96.3 Å². The molecule has 12 heteroatoms. The normalized spacial score (nSPS) is 18.7. The van der Waals surface area contributed by atoms with Crippen molar-refractivity contribution in [3.63, 3.8) is 0 Å². The first kappa shape index (κ1) is 40.0. The van der Waals surface area contributed by atoms with Gasteiger partial charge in [-0.25, -0.2) is 8.78 Å². The van der Waals surface area contributed by atoms with Gasteiger partial charge in [0.2, 0.25) is 5.91 Å². The van der Waals surface area contributed by atoms with Crippen molar-refractivity contribution in [1.29, 1.82) is 10.5 Å². The molecule has 2 aliphatic heterocycles. The highest BCUT2D eigenvalue weighted by Gasteiger charge is 2.34. The summed E-state index contributed by atoms with van der Waals surface area (Å²) < 4.78 is 46.4. The van der Waals surface area contributed by atoms with Gasteiger partial charge >= 0.3 is 0 Å². The van der Waals surface area contributed by atoms with E-state index in [2.05, 4.69) is 52.8 Å². The molecule has 2 fully saturated rings.